The molecule has 96 valence electrons. The van der Waals surface area contributed by atoms with Gasteiger partial charge in [-0.25, -0.2) is 8.42 Å². The second-order valence-electron chi connectivity index (χ2n) is 3.79. The Labute approximate surface area is 104 Å². The molecule has 0 atom stereocenters. The third-order valence-corrected chi connectivity index (χ3v) is 3.95. The van der Waals surface area contributed by atoms with E-state index in [-0.39, 0.29) is 16.9 Å². The number of nitrogens with one attached hydrogen (secondary N) is 1. The Kier molecular flexibility index (Phi) is 3.88. The van der Waals surface area contributed by atoms with Crippen LogP contribution in [-0.2, 0) is 10.0 Å². The van der Waals surface area contributed by atoms with Gasteiger partial charge in [-0.1, -0.05) is 0 Å². The van der Waals surface area contributed by atoms with Gasteiger partial charge in [0.25, 0.3) is 5.69 Å². The standard InChI is InChI=1S/C10H11N3O4S/c1-7(2)18(16,17)12-10-4-3-9(13(14)15)5-8(10)6-11/h3-5,7,12H,1-2H3. The monoisotopic (exact) mass is 269 g/mol. The molecule has 8 heteroatoms. The zero-order valence-corrected chi connectivity index (χ0v) is 10.6. The lowest BCUT2D eigenvalue weighted by Gasteiger charge is -2.11. The van der Waals surface area contributed by atoms with Gasteiger partial charge in [0.2, 0.25) is 10.0 Å². The van der Waals surface area contributed by atoms with Crippen LogP contribution in [-0.4, -0.2) is 18.6 Å². The lowest BCUT2D eigenvalue weighted by Crippen LogP contribution is -2.22. The Morgan fingerprint density at radius 3 is 2.50 bits per heavy atom. The molecule has 0 heterocycles. The maximum absolute atomic E-state index is 11.6. The number of nitrogens with zero attached hydrogens (tertiary/aromatic N) is 2. The van der Waals surface area contributed by atoms with Crippen molar-refractivity contribution < 1.29 is 13.3 Å². The fraction of sp³-hybridized carbons (Fsp3) is 0.300. The summed E-state index contributed by atoms with van der Waals surface area (Å²) in [6.07, 6.45) is 0. The quantitative estimate of drug-likeness (QED) is 0.659. The maximum atomic E-state index is 11.6. The molecule has 18 heavy (non-hydrogen) atoms. The summed E-state index contributed by atoms with van der Waals surface area (Å²) in [5.74, 6) is 0. The van der Waals surface area contributed by atoms with Crippen molar-refractivity contribution in [2.45, 2.75) is 19.1 Å². The molecule has 0 aromatic heterocycles. The van der Waals surface area contributed by atoms with Crippen molar-refractivity contribution in [3.63, 3.8) is 0 Å². The summed E-state index contributed by atoms with van der Waals surface area (Å²) in [5, 5.41) is 18.7. The van der Waals surface area contributed by atoms with Crippen LogP contribution in [0.1, 0.15) is 19.4 Å². The van der Waals surface area contributed by atoms with E-state index in [1.165, 1.54) is 19.9 Å². The normalized spacial score (nSPS) is 11.0. The molecule has 0 saturated heterocycles. The van der Waals surface area contributed by atoms with Crippen LogP contribution in [0.3, 0.4) is 0 Å². The minimum atomic E-state index is -3.59. The minimum absolute atomic E-state index is 0.0387. The van der Waals surface area contributed by atoms with Gasteiger partial charge in [-0.05, 0) is 19.9 Å². The van der Waals surface area contributed by atoms with E-state index in [2.05, 4.69) is 4.72 Å². The predicted octanol–water partition coefficient (Wildman–Crippen LogP) is 1.62. The molecular formula is C10H11N3O4S. The number of sulfonamides is 1. The SMILES string of the molecule is CC(C)S(=O)(=O)Nc1ccc([N+](=O)[O-])cc1C#N. The molecular weight excluding hydrogens is 258 g/mol. The van der Waals surface area contributed by atoms with E-state index in [1.807, 2.05) is 0 Å². The lowest BCUT2D eigenvalue weighted by atomic mass is 10.2. The van der Waals surface area contributed by atoms with Crippen molar-refractivity contribution in [2.75, 3.05) is 4.72 Å². The summed E-state index contributed by atoms with van der Waals surface area (Å²) in [6, 6.07) is 5.09. The maximum Gasteiger partial charge on any atom is 0.270 e. The van der Waals surface area contributed by atoms with E-state index >= 15 is 0 Å². The number of non-ortho nitro benzene ring substituents is 1. The van der Waals surface area contributed by atoms with E-state index in [0.29, 0.717) is 0 Å². The van der Waals surface area contributed by atoms with Crippen LogP contribution in [0.5, 0.6) is 0 Å². The average Bonchev–Trinajstić information content (AvgIpc) is 2.28. The first-order valence-corrected chi connectivity index (χ1v) is 6.52. The van der Waals surface area contributed by atoms with E-state index in [4.69, 9.17) is 5.26 Å². The van der Waals surface area contributed by atoms with Crippen LogP contribution in [0.4, 0.5) is 11.4 Å². The minimum Gasteiger partial charge on any atom is -0.282 e. The highest BCUT2D eigenvalue weighted by molar-refractivity contribution is 7.93. The third-order valence-electron chi connectivity index (χ3n) is 2.21. The molecule has 7 nitrogen and oxygen atoms in total. The van der Waals surface area contributed by atoms with E-state index in [0.717, 1.165) is 12.1 Å². The molecule has 0 fully saturated rings. The highest BCUT2D eigenvalue weighted by Crippen LogP contribution is 2.22. The molecule has 1 N–H and O–H groups in total. The van der Waals surface area contributed by atoms with E-state index < -0.39 is 20.2 Å². The highest BCUT2D eigenvalue weighted by atomic mass is 32.2. The first kappa shape index (κ1) is 13.9. The zero-order chi connectivity index (χ0) is 13.9. The van der Waals surface area contributed by atoms with E-state index in [1.54, 1.807) is 6.07 Å². The van der Waals surface area contributed by atoms with Crippen molar-refractivity contribution in [1.82, 2.24) is 0 Å². The first-order valence-electron chi connectivity index (χ1n) is 4.98. The van der Waals surface area contributed by atoms with Crippen LogP contribution in [0, 0.1) is 21.4 Å². The topological polar surface area (TPSA) is 113 Å². The third kappa shape index (κ3) is 2.95. The smallest absolute Gasteiger partial charge is 0.270 e. The Hall–Kier alpha value is -2.14. The molecule has 1 aromatic rings. The number of nitriles is 1. The average molecular weight is 269 g/mol. The van der Waals surface area contributed by atoms with Crippen molar-refractivity contribution in [1.29, 1.82) is 5.26 Å². The number of nitro benzene ring substituents is 1. The molecule has 0 spiro atoms. The molecule has 0 unspecified atom stereocenters. The second kappa shape index (κ2) is 5.01. The Morgan fingerprint density at radius 2 is 2.06 bits per heavy atom. The van der Waals surface area contributed by atoms with Crippen LogP contribution in [0.15, 0.2) is 18.2 Å². The van der Waals surface area contributed by atoms with Crippen molar-refractivity contribution in [3.8, 4) is 6.07 Å². The Balaban J connectivity index is 3.21. The van der Waals surface area contributed by atoms with Gasteiger partial charge in [-0.2, -0.15) is 5.26 Å². The Bertz CT molecular complexity index is 617. The molecule has 0 saturated carbocycles. The van der Waals surface area contributed by atoms with Crippen LogP contribution < -0.4 is 4.72 Å². The van der Waals surface area contributed by atoms with Gasteiger partial charge in [-0.3, -0.25) is 14.8 Å². The summed E-state index contributed by atoms with van der Waals surface area (Å²) >= 11 is 0. The summed E-state index contributed by atoms with van der Waals surface area (Å²) in [6.45, 7) is 2.97. The number of hydrogen-bond acceptors (Lipinski definition) is 5. The summed E-state index contributed by atoms with van der Waals surface area (Å²) in [4.78, 5) is 9.88. The molecule has 0 amide bonds. The second-order valence-corrected chi connectivity index (χ2v) is 6.03. The van der Waals surface area contributed by atoms with Crippen molar-refractivity contribution >= 4 is 21.4 Å². The van der Waals surface area contributed by atoms with Gasteiger partial charge in [0.05, 0.1) is 21.4 Å². The predicted molar refractivity (Wildman–Crippen MR) is 65.5 cm³/mol. The number of benzene rings is 1. The molecule has 0 bridgehead atoms. The zero-order valence-electron chi connectivity index (χ0n) is 9.75. The van der Waals surface area contributed by atoms with Gasteiger partial charge in [0.15, 0.2) is 0 Å². The fourth-order valence-electron chi connectivity index (χ4n) is 1.10. The Morgan fingerprint density at radius 1 is 1.44 bits per heavy atom. The molecule has 0 aliphatic rings. The number of nitro groups is 1. The highest BCUT2D eigenvalue weighted by Gasteiger charge is 2.19. The molecule has 1 aromatic carbocycles. The molecule has 0 aliphatic heterocycles. The van der Waals surface area contributed by atoms with Crippen molar-refractivity contribution in [2.24, 2.45) is 0 Å². The van der Waals surface area contributed by atoms with Gasteiger partial charge in [0, 0.05) is 12.1 Å². The number of hydrogen-bond donors (Lipinski definition) is 1. The van der Waals surface area contributed by atoms with Crippen molar-refractivity contribution in [3.05, 3.63) is 33.9 Å². The van der Waals surface area contributed by atoms with Crippen LogP contribution >= 0.6 is 0 Å². The van der Waals surface area contributed by atoms with Gasteiger partial charge >= 0.3 is 0 Å². The molecule has 0 radical (unpaired) electrons. The van der Waals surface area contributed by atoms with Gasteiger partial charge in [0.1, 0.15) is 6.07 Å². The fourth-order valence-corrected chi connectivity index (χ4v) is 1.82. The number of rotatable bonds is 4. The lowest BCUT2D eigenvalue weighted by molar-refractivity contribution is -0.384. The molecule has 0 aliphatic carbocycles. The summed E-state index contributed by atoms with van der Waals surface area (Å²) < 4.78 is 25.5. The van der Waals surface area contributed by atoms with Gasteiger partial charge < -0.3 is 0 Å². The summed E-state index contributed by atoms with van der Waals surface area (Å²) in [5.41, 5.74) is -0.315. The van der Waals surface area contributed by atoms with Crippen LogP contribution in [0.2, 0.25) is 0 Å². The largest absolute Gasteiger partial charge is 0.282 e. The summed E-state index contributed by atoms with van der Waals surface area (Å²) in [7, 11) is -3.59. The number of anilines is 1. The van der Waals surface area contributed by atoms with Crippen LogP contribution in [0.25, 0.3) is 0 Å². The van der Waals surface area contributed by atoms with Gasteiger partial charge in [-0.15, -0.1) is 0 Å². The first-order chi connectivity index (χ1) is 8.27. The molecule has 1 rings (SSSR count). The van der Waals surface area contributed by atoms with E-state index in [9.17, 15) is 18.5 Å².